The van der Waals surface area contributed by atoms with Crippen molar-refractivity contribution in [2.24, 2.45) is 0 Å². The molecule has 1 aliphatic rings. The summed E-state index contributed by atoms with van der Waals surface area (Å²) in [4.78, 5) is 13.2. The van der Waals surface area contributed by atoms with E-state index in [1.165, 1.54) is 24.2 Å². The zero-order valence-electron chi connectivity index (χ0n) is 12.5. The van der Waals surface area contributed by atoms with Crippen LogP contribution >= 0.6 is 11.8 Å². The van der Waals surface area contributed by atoms with E-state index in [1.807, 2.05) is 17.0 Å². The van der Waals surface area contributed by atoms with E-state index in [-0.39, 0.29) is 6.09 Å². The average Bonchev–Trinajstić information content (AvgIpc) is 2.83. The van der Waals surface area contributed by atoms with Crippen LogP contribution < -0.4 is 4.74 Å². The van der Waals surface area contributed by atoms with Crippen molar-refractivity contribution < 1.29 is 9.53 Å². The van der Waals surface area contributed by atoms with Gasteiger partial charge in [-0.25, -0.2) is 9.48 Å². The van der Waals surface area contributed by atoms with E-state index in [9.17, 15) is 4.79 Å². The van der Waals surface area contributed by atoms with E-state index in [0.717, 1.165) is 24.3 Å². The summed E-state index contributed by atoms with van der Waals surface area (Å²) in [6.45, 7) is 0. The lowest BCUT2D eigenvalue weighted by Crippen LogP contribution is -2.27. The van der Waals surface area contributed by atoms with Crippen LogP contribution in [0.5, 0.6) is 5.88 Å². The SMILES string of the molecule is CSCc1cc(OC(=O)N(C)C)n(C2CCCCC2)n1. The van der Waals surface area contributed by atoms with Crippen LogP contribution in [-0.4, -0.2) is 41.1 Å². The van der Waals surface area contributed by atoms with Crippen LogP contribution in [0.15, 0.2) is 6.07 Å². The Labute approximate surface area is 124 Å². The van der Waals surface area contributed by atoms with Gasteiger partial charge in [0.05, 0.1) is 11.7 Å². The molecule has 0 spiro atoms. The van der Waals surface area contributed by atoms with Crippen LogP contribution in [-0.2, 0) is 5.75 Å². The molecule has 1 aliphatic carbocycles. The minimum absolute atomic E-state index is 0.349. The largest absolute Gasteiger partial charge is 0.416 e. The molecule has 1 aromatic heterocycles. The second kappa shape index (κ2) is 7.02. The van der Waals surface area contributed by atoms with Crippen molar-refractivity contribution in [3.05, 3.63) is 11.8 Å². The summed E-state index contributed by atoms with van der Waals surface area (Å²) in [6.07, 6.45) is 7.68. The van der Waals surface area contributed by atoms with Gasteiger partial charge in [0.1, 0.15) is 0 Å². The predicted molar refractivity (Wildman–Crippen MR) is 81.3 cm³/mol. The Morgan fingerprint density at radius 3 is 2.75 bits per heavy atom. The molecule has 0 atom stereocenters. The maximum atomic E-state index is 11.8. The number of hydrogen-bond donors (Lipinski definition) is 0. The smallest absolute Gasteiger partial charge is 0.391 e. The molecule has 112 valence electrons. The van der Waals surface area contributed by atoms with Crippen LogP contribution in [0.25, 0.3) is 0 Å². The number of thioether (sulfide) groups is 1. The van der Waals surface area contributed by atoms with Gasteiger partial charge in [0, 0.05) is 25.9 Å². The Kier molecular flexibility index (Phi) is 5.34. The second-order valence-electron chi connectivity index (χ2n) is 5.41. The molecule has 2 rings (SSSR count). The number of carbonyl (C=O) groups excluding carboxylic acids is 1. The van der Waals surface area contributed by atoms with Crippen LogP contribution in [0.1, 0.15) is 43.8 Å². The molecule has 1 saturated carbocycles. The highest BCUT2D eigenvalue weighted by molar-refractivity contribution is 7.97. The molecular weight excluding hydrogens is 274 g/mol. The van der Waals surface area contributed by atoms with Gasteiger partial charge in [0.2, 0.25) is 5.88 Å². The van der Waals surface area contributed by atoms with E-state index >= 15 is 0 Å². The Balaban J connectivity index is 2.20. The zero-order valence-corrected chi connectivity index (χ0v) is 13.3. The summed E-state index contributed by atoms with van der Waals surface area (Å²) in [5.74, 6) is 1.42. The molecule has 6 heteroatoms. The van der Waals surface area contributed by atoms with Crippen LogP contribution in [0.3, 0.4) is 0 Å². The quantitative estimate of drug-likeness (QED) is 0.855. The first-order chi connectivity index (χ1) is 9.61. The Morgan fingerprint density at radius 2 is 2.15 bits per heavy atom. The van der Waals surface area contributed by atoms with E-state index in [1.54, 1.807) is 25.9 Å². The fourth-order valence-electron chi connectivity index (χ4n) is 2.49. The van der Waals surface area contributed by atoms with Crippen molar-refractivity contribution in [2.75, 3.05) is 20.4 Å². The maximum Gasteiger partial charge on any atom is 0.416 e. The number of amides is 1. The Morgan fingerprint density at radius 1 is 1.45 bits per heavy atom. The molecule has 1 aromatic rings. The number of hydrogen-bond acceptors (Lipinski definition) is 4. The van der Waals surface area contributed by atoms with Crippen molar-refractivity contribution in [3.8, 4) is 5.88 Å². The number of nitrogens with zero attached hydrogens (tertiary/aromatic N) is 3. The van der Waals surface area contributed by atoms with Gasteiger partial charge in [-0.05, 0) is 19.1 Å². The normalized spacial score (nSPS) is 16.1. The molecule has 0 saturated heterocycles. The molecular formula is C14H23N3O2S. The lowest BCUT2D eigenvalue weighted by atomic mass is 9.96. The fraction of sp³-hybridized carbons (Fsp3) is 0.714. The molecule has 0 unspecified atom stereocenters. The third-order valence-electron chi connectivity index (χ3n) is 3.52. The van der Waals surface area contributed by atoms with Crippen LogP contribution in [0.4, 0.5) is 4.79 Å². The lowest BCUT2D eigenvalue weighted by Gasteiger charge is -2.23. The first-order valence-electron chi connectivity index (χ1n) is 7.08. The highest BCUT2D eigenvalue weighted by Crippen LogP contribution is 2.32. The highest BCUT2D eigenvalue weighted by atomic mass is 32.2. The molecule has 1 fully saturated rings. The minimum atomic E-state index is -0.349. The summed E-state index contributed by atoms with van der Waals surface area (Å²) in [7, 11) is 3.37. The van der Waals surface area contributed by atoms with Gasteiger partial charge in [-0.3, -0.25) is 0 Å². The number of aromatic nitrogens is 2. The van der Waals surface area contributed by atoms with Gasteiger partial charge in [-0.2, -0.15) is 16.9 Å². The van der Waals surface area contributed by atoms with E-state index in [0.29, 0.717) is 11.9 Å². The molecule has 0 aliphatic heterocycles. The van der Waals surface area contributed by atoms with Gasteiger partial charge >= 0.3 is 6.09 Å². The molecule has 0 N–H and O–H groups in total. The maximum absolute atomic E-state index is 11.8. The molecule has 0 radical (unpaired) electrons. The zero-order chi connectivity index (χ0) is 14.5. The molecule has 5 nitrogen and oxygen atoms in total. The topological polar surface area (TPSA) is 47.4 Å². The van der Waals surface area contributed by atoms with E-state index < -0.39 is 0 Å². The summed E-state index contributed by atoms with van der Waals surface area (Å²) >= 11 is 1.72. The van der Waals surface area contributed by atoms with Crippen molar-refractivity contribution >= 4 is 17.9 Å². The third-order valence-corrected chi connectivity index (χ3v) is 4.11. The summed E-state index contributed by atoms with van der Waals surface area (Å²) in [5.41, 5.74) is 0.977. The van der Waals surface area contributed by atoms with Crippen LogP contribution in [0.2, 0.25) is 0 Å². The Hall–Kier alpha value is -1.17. The summed E-state index contributed by atoms with van der Waals surface area (Å²) < 4.78 is 7.39. The first kappa shape index (κ1) is 15.2. The third kappa shape index (κ3) is 3.69. The Bertz CT molecular complexity index is 453. The van der Waals surface area contributed by atoms with Gasteiger partial charge in [-0.1, -0.05) is 19.3 Å². The summed E-state index contributed by atoms with van der Waals surface area (Å²) in [6, 6.07) is 2.26. The number of rotatable bonds is 4. The van der Waals surface area contributed by atoms with Gasteiger partial charge in [-0.15, -0.1) is 0 Å². The predicted octanol–water partition coefficient (Wildman–Crippen LogP) is 3.31. The van der Waals surface area contributed by atoms with Gasteiger partial charge < -0.3 is 9.64 Å². The van der Waals surface area contributed by atoms with Gasteiger partial charge in [0.15, 0.2) is 0 Å². The second-order valence-corrected chi connectivity index (χ2v) is 6.27. The lowest BCUT2D eigenvalue weighted by molar-refractivity contribution is 0.164. The fourth-order valence-corrected chi connectivity index (χ4v) is 2.92. The molecule has 1 amide bonds. The average molecular weight is 297 g/mol. The number of carbonyl (C=O) groups is 1. The van der Waals surface area contributed by atoms with E-state index in [4.69, 9.17) is 4.74 Å². The summed E-state index contributed by atoms with van der Waals surface area (Å²) in [5, 5.41) is 4.64. The van der Waals surface area contributed by atoms with Crippen molar-refractivity contribution in [1.82, 2.24) is 14.7 Å². The van der Waals surface area contributed by atoms with Crippen molar-refractivity contribution in [3.63, 3.8) is 0 Å². The van der Waals surface area contributed by atoms with Gasteiger partial charge in [0.25, 0.3) is 0 Å². The van der Waals surface area contributed by atoms with E-state index in [2.05, 4.69) is 5.10 Å². The van der Waals surface area contributed by atoms with Crippen molar-refractivity contribution in [2.45, 2.75) is 43.9 Å². The molecule has 0 aromatic carbocycles. The highest BCUT2D eigenvalue weighted by Gasteiger charge is 2.22. The van der Waals surface area contributed by atoms with Crippen LogP contribution in [0, 0.1) is 0 Å². The first-order valence-corrected chi connectivity index (χ1v) is 8.47. The minimum Gasteiger partial charge on any atom is -0.391 e. The molecule has 1 heterocycles. The van der Waals surface area contributed by atoms with Crippen molar-refractivity contribution in [1.29, 1.82) is 0 Å². The molecule has 20 heavy (non-hydrogen) atoms. The monoisotopic (exact) mass is 297 g/mol. The molecule has 0 bridgehead atoms. The standard InChI is InChI=1S/C14H23N3O2S/c1-16(2)14(18)19-13-9-11(10-20-3)15-17(13)12-7-5-4-6-8-12/h9,12H,4-8,10H2,1-3H3. The number of ether oxygens (including phenoxy) is 1.